The first kappa shape index (κ1) is 19.9. The van der Waals surface area contributed by atoms with E-state index >= 15 is 0 Å². The fourth-order valence-corrected chi connectivity index (χ4v) is 3.15. The summed E-state index contributed by atoms with van der Waals surface area (Å²) >= 11 is 0. The molecule has 0 aliphatic carbocycles. The van der Waals surface area contributed by atoms with Crippen LogP contribution < -0.4 is 15.4 Å². The van der Waals surface area contributed by atoms with E-state index in [0.717, 1.165) is 30.6 Å². The molecule has 2 aromatic rings. The van der Waals surface area contributed by atoms with Crippen LogP contribution in [-0.4, -0.2) is 37.7 Å². The molecule has 0 saturated carbocycles. The van der Waals surface area contributed by atoms with Gasteiger partial charge in [-0.15, -0.1) is 0 Å². The second-order valence-corrected chi connectivity index (χ2v) is 7.03. The average Bonchev–Trinajstić information content (AvgIpc) is 3.19. The maximum atomic E-state index is 12.3. The summed E-state index contributed by atoms with van der Waals surface area (Å²) in [5, 5.41) is 5.64. The maximum absolute atomic E-state index is 12.3. The lowest BCUT2D eigenvalue weighted by Gasteiger charge is -2.12. The number of hydrogen-bond acceptors (Lipinski definition) is 4. The van der Waals surface area contributed by atoms with Gasteiger partial charge >= 0.3 is 0 Å². The monoisotopic (exact) mass is 382 g/mol. The highest BCUT2D eigenvalue weighted by atomic mass is 16.5. The topological polar surface area (TPSA) is 76.7 Å². The molecule has 28 heavy (non-hydrogen) atoms. The van der Waals surface area contributed by atoms with Gasteiger partial charge in [-0.05, 0) is 56.5 Å². The second kappa shape index (κ2) is 9.37. The molecular weight excluding hydrogens is 356 g/mol. The Labute approximate surface area is 165 Å². The Morgan fingerprint density at radius 1 is 1.18 bits per heavy atom. The first-order valence-electron chi connectivity index (χ1n) is 9.51. The van der Waals surface area contributed by atoms with Gasteiger partial charge in [0.15, 0.2) is 6.61 Å². The molecule has 3 rings (SSSR count). The summed E-state index contributed by atoms with van der Waals surface area (Å²) in [5.74, 6) is 0.220. The van der Waals surface area contributed by atoms with Crippen LogP contribution in [0.1, 0.15) is 34.3 Å². The third-order valence-electron chi connectivity index (χ3n) is 4.61. The van der Waals surface area contributed by atoms with Gasteiger partial charge in [-0.25, -0.2) is 0 Å². The Hall–Kier alpha value is -2.86. The zero-order valence-electron chi connectivity index (χ0n) is 16.3. The number of carbonyl (C=O) groups is 2. The fourth-order valence-electron chi connectivity index (χ4n) is 3.15. The van der Waals surface area contributed by atoms with Crippen molar-refractivity contribution >= 4 is 17.5 Å². The van der Waals surface area contributed by atoms with Crippen molar-refractivity contribution in [1.82, 2.24) is 5.32 Å². The van der Waals surface area contributed by atoms with Crippen molar-refractivity contribution in [3.63, 3.8) is 0 Å². The fraction of sp³-hybridized carbons (Fsp3) is 0.364. The quantitative estimate of drug-likeness (QED) is 0.771. The number of nitrogens with one attached hydrogen (secondary N) is 2. The third kappa shape index (κ3) is 5.57. The van der Waals surface area contributed by atoms with Crippen molar-refractivity contribution < 1.29 is 19.1 Å². The molecule has 0 bridgehead atoms. The van der Waals surface area contributed by atoms with Crippen LogP contribution >= 0.6 is 0 Å². The smallest absolute Gasteiger partial charge is 0.262 e. The third-order valence-corrected chi connectivity index (χ3v) is 4.61. The number of ether oxygens (including phenoxy) is 2. The SMILES string of the molecule is Cc1ccc(OCC(=O)Nc2cccc(C(=O)NCC3CCCO3)c2)c(C)c1. The van der Waals surface area contributed by atoms with Crippen molar-refractivity contribution in [3.05, 3.63) is 59.2 Å². The molecule has 2 aromatic carbocycles. The van der Waals surface area contributed by atoms with Crippen LogP contribution in [0.5, 0.6) is 5.75 Å². The minimum Gasteiger partial charge on any atom is -0.483 e. The molecule has 1 aliphatic heterocycles. The molecule has 1 aliphatic rings. The Kier molecular flexibility index (Phi) is 6.66. The summed E-state index contributed by atoms with van der Waals surface area (Å²) in [5.41, 5.74) is 3.17. The van der Waals surface area contributed by atoms with Gasteiger partial charge in [0.05, 0.1) is 6.10 Å². The number of hydrogen-bond donors (Lipinski definition) is 2. The molecule has 2 N–H and O–H groups in total. The van der Waals surface area contributed by atoms with E-state index in [2.05, 4.69) is 10.6 Å². The Balaban J connectivity index is 1.51. The van der Waals surface area contributed by atoms with Gasteiger partial charge in [0, 0.05) is 24.4 Å². The summed E-state index contributed by atoms with van der Waals surface area (Å²) in [6.07, 6.45) is 2.09. The summed E-state index contributed by atoms with van der Waals surface area (Å²) in [4.78, 5) is 24.5. The van der Waals surface area contributed by atoms with Crippen LogP contribution in [0.4, 0.5) is 5.69 Å². The lowest BCUT2D eigenvalue weighted by atomic mass is 10.1. The molecular formula is C22H26N2O4. The van der Waals surface area contributed by atoms with E-state index in [9.17, 15) is 9.59 Å². The van der Waals surface area contributed by atoms with Gasteiger partial charge in [0.2, 0.25) is 0 Å². The standard InChI is InChI=1S/C22H26N2O4/c1-15-8-9-20(16(2)11-15)28-14-21(25)24-18-6-3-5-17(12-18)22(26)23-13-19-7-4-10-27-19/h3,5-6,8-9,11-12,19H,4,7,10,13-14H2,1-2H3,(H,23,26)(H,24,25). The molecule has 1 fully saturated rings. The average molecular weight is 382 g/mol. The van der Waals surface area contributed by atoms with E-state index < -0.39 is 0 Å². The van der Waals surface area contributed by atoms with Crippen LogP contribution in [-0.2, 0) is 9.53 Å². The number of aryl methyl sites for hydroxylation is 2. The molecule has 148 valence electrons. The molecule has 1 unspecified atom stereocenters. The van der Waals surface area contributed by atoms with Crippen molar-refractivity contribution in [2.45, 2.75) is 32.8 Å². The summed E-state index contributed by atoms with van der Waals surface area (Å²) < 4.78 is 11.1. The molecule has 6 heteroatoms. The zero-order valence-corrected chi connectivity index (χ0v) is 16.3. The van der Waals surface area contributed by atoms with E-state index in [0.29, 0.717) is 23.5 Å². The zero-order chi connectivity index (χ0) is 19.9. The molecule has 1 atom stereocenters. The van der Waals surface area contributed by atoms with Crippen molar-refractivity contribution in [3.8, 4) is 5.75 Å². The maximum Gasteiger partial charge on any atom is 0.262 e. The van der Waals surface area contributed by atoms with Gasteiger partial charge in [0.1, 0.15) is 5.75 Å². The number of rotatable bonds is 7. The van der Waals surface area contributed by atoms with Crippen LogP contribution in [0.15, 0.2) is 42.5 Å². The minimum absolute atomic E-state index is 0.0919. The van der Waals surface area contributed by atoms with Gasteiger partial charge in [-0.3, -0.25) is 9.59 Å². The highest BCUT2D eigenvalue weighted by Crippen LogP contribution is 2.19. The van der Waals surface area contributed by atoms with E-state index in [4.69, 9.17) is 9.47 Å². The van der Waals surface area contributed by atoms with Gasteiger partial charge in [0.25, 0.3) is 11.8 Å². The Morgan fingerprint density at radius 3 is 2.79 bits per heavy atom. The van der Waals surface area contributed by atoms with Gasteiger partial charge in [-0.2, -0.15) is 0 Å². The number of anilines is 1. The predicted octanol–water partition coefficient (Wildman–Crippen LogP) is 3.23. The van der Waals surface area contributed by atoms with Crippen LogP contribution in [0, 0.1) is 13.8 Å². The van der Waals surface area contributed by atoms with E-state index in [-0.39, 0.29) is 24.5 Å². The normalized spacial score (nSPS) is 15.9. The molecule has 6 nitrogen and oxygen atoms in total. The largest absolute Gasteiger partial charge is 0.483 e. The molecule has 2 amide bonds. The van der Waals surface area contributed by atoms with E-state index in [1.807, 2.05) is 32.0 Å². The molecule has 1 saturated heterocycles. The Bertz CT molecular complexity index is 844. The molecule has 1 heterocycles. The van der Waals surface area contributed by atoms with Crippen molar-refractivity contribution in [1.29, 1.82) is 0 Å². The lowest BCUT2D eigenvalue weighted by Crippen LogP contribution is -2.31. The highest BCUT2D eigenvalue weighted by molar-refractivity contribution is 5.97. The van der Waals surface area contributed by atoms with Gasteiger partial charge < -0.3 is 20.1 Å². The van der Waals surface area contributed by atoms with Crippen LogP contribution in [0.3, 0.4) is 0 Å². The van der Waals surface area contributed by atoms with E-state index in [1.54, 1.807) is 24.3 Å². The summed E-state index contributed by atoms with van der Waals surface area (Å²) in [7, 11) is 0. The summed E-state index contributed by atoms with van der Waals surface area (Å²) in [6, 6.07) is 12.7. The van der Waals surface area contributed by atoms with E-state index in [1.165, 1.54) is 0 Å². The Morgan fingerprint density at radius 2 is 2.04 bits per heavy atom. The predicted molar refractivity (Wildman–Crippen MR) is 108 cm³/mol. The molecule has 0 spiro atoms. The number of carbonyl (C=O) groups excluding carboxylic acids is 2. The first-order valence-corrected chi connectivity index (χ1v) is 9.51. The molecule has 0 aromatic heterocycles. The first-order chi connectivity index (χ1) is 13.5. The van der Waals surface area contributed by atoms with Crippen molar-refractivity contribution in [2.24, 2.45) is 0 Å². The number of amides is 2. The highest BCUT2D eigenvalue weighted by Gasteiger charge is 2.17. The van der Waals surface area contributed by atoms with Crippen LogP contribution in [0.2, 0.25) is 0 Å². The molecule has 0 radical (unpaired) electrons. The summed E-state index contributed by atoms with van der Waals surface area (Å²) in [6.45, 7) is 5.11. The minimum atomic E-state index is -0.281. The lowest BCUT2D eigenvalue weighted by molar-refractivity contribution is -0.118. The van der Waals surface area contributed by atoms with Gasteiger partial charge in [-0.1, -0.05) is 23.8 Å². The van der Waals surface area contributed by atoms with Crippen LogP contribution in [0.25, 0.3) is 0 Å². The number of benzene rings is 2. The van der Waals surface area contributed by atoms with Crippen molar-refractivity contribution in [2.75, 3.05) is 25.1 Å². The second-order valence-electron chi connectivity index (χ2n) is 7.03.